The summed E-state index contributed by atoms with van der Waals surface area (Å²) in [6, 6.07) is -3.34. The third-order valence-corrected chi connectivity index (χ3v) is 21.8. The number of hydrogen-bond acceptors (Lipinski definition) is 22. The molecule has 14 amide bonds. The number of rotatable bonds is 21. The zero-order valence-corrected chi connectivity index (χ0v) is 68.7. The molecule has 0 saturated carbocycles. The first-order valence-electron chi connectivity index (χ1n) is 41.1. The van der Waals surface area contributed by atoms with E-state index in [4.69, 9.17) is 26.4 Å². The third-order valence-electron chi connectivity index (χ3n) is 21.8. The van der Waals surface area contributed by atoms with Gasteiger partial charge in [0.05, 0.1) is 18.9 Å². The molecule has 0 spiro atoms. The average Bonchev–Trinajstić information content (AvgIpc) is 1.63. The van der Waals surface area contributed by atoms with Crippen molar-refractivity contribution in [1.82, 2.24) is 83.9 Å². The van der Waals surface area contributed by atoms with Gasteiger partial charge in [-0.2, -0.15) is 0 Å². The number of guanidine groups is 1. The number of aromatic nitrogens is 1. The van der Waals surface area contributed by atoms with Gasteiger partial charge in [0.1, 0.15) is 97.0 Å². The summed E-state index contributed by atoms with van der Waals surface area (Å²) in [6.45, 7) is 6.55. The number of nitrogens with one attached hydrogen (secondary N) is 15. The van der Waals surface area contributed by atoms with Crippen LogP contribution in [0.4, 0.5) is 0 Å². The molecular weight excluding hydrogens is 1590 g/mol. The van der Waals surface area contributed by atoms with Crippen LogP contribution in [0.3, 0.4) is 0 Å². The lowest BCUT2D eigenvalue weighted by Gasteiger charge is -2.31. The number of esters is 2. The van der Waals surface area contributed by atoms with Crippen LogP contribution in [-0.2, 0) is 110 Å². The van der Waals surface area contributed by atoms with Crippen LogP contribution in [0.2, 0.25) is 0 Å². The zero-order valence-electron chi connectivity index (χ0n) is 68.7. The standard InChI is InChI=1S/C82H111N19O21/c1-42(2)34-54-70(108)90-52-28-29-64(104)121-41-60-75(113)94-58(73(111)92-54)39-65(105)122-44(5)67(99-74(112)56(37-47-40-88-50-19-10-9-18-49(47)50)95-76(114)62-23-15-33-101(62)80(118)66(83)43(3)4)78(116)96-55(35-46-24-26-48(102)27-25-46)71(109)89-51(68(106)97-59(36-45-16-7-6-8-17-45)79(117)100-32-14-22-61(100)77(115)98-60)20-11-12-30-86-63(103)38-57(93-69(52)107)72(110)91-53(81(119)120)21-13-31-87-82(84)85/h6-10,16-19,24-27,40,42-44,51-62,66-67,88,102H,11-15,20-23,28-39,41,83H2,1-5H3,(H,86,103)(H,89,109)(H,90,108)(H,91,110)(H,92,111)(H,93,107)(H,94,113)(H,95,114)(H,96,116)(H,97,106)(H,98,115)(H,99,112)(H,119,120)(H4,84,85,87)/t44-,51+,52+,53+,54+,55+,56+,57+,58+,59+,60+,61+,62+,66+,67+/m1/s1. The lowest BCUT2D eigenvalue weighted by atomic mass is 10.0. The van der Waals surface area contributed by atoms with Crippen LogP contribution in [0.15, 0.2) is 85.1 Å². The number of cyclic esters (lactones) is 1. The number of carbonyl (C=O) groups excluding carboxylic acids is 16. The van der Waals surface area contributed by atoms with Crippen molar-refractivity contribution in [2.45, 2.75) is 234 Å². The number of H-pyrrole nitrogens is 1. The molecule has 4 aromatic rings. The lowest BCUT2D eigenvalue weighted by molar-refractivity contribution is -0.154. The van der Waals surface area contributed by atoms with E-state index in [9.17, 15) is 48.6 Å². The first kappa shape index (κ1) is 93.1. The van der Waals surface area contributed by atoms with Crippen LogP contribution in [0, 0.1) is 17.2 Å². The highest BCUT2D eigenvalue weighted by Gasteiger charge is 2.45. The quantitative estimate of drug-likeness (QED) is 0.0171. The molecule has 3 aromatic carbocycles. The molecule has 660 valence electrons. The van der Waals surface area contributed by atoms with Gasteiger partial charge >= 0.3 is 17.9 Å². The number of likely N-dealkylation sites (tertiary alicyclic amines) is 1. The number of nitrogens with two attached hydrogens (primary N) is 2. The molecule has 5 saturated heterocycles. The second-order valence-corrected chi connectivity index (χ2v) is 32.0. The zero-order chi connectivity index (χ0) is 88.6. The first-order chi connectivity index (χ1) is 58.1. The SMILES string of the molecule is CC(C)C[C@@H]1NC(=O)[C@@H]2CC(=O)O[C@H](C)[C@H](NC(=O)[C@H](Cc3c[nH]c4ccccc34)NC(=O)[C@@H]3CCCN3C(=O)[C@@H](N)C(C)C)C(=O)N[C@@H](Cc3ccc(O)cc3)C(=O)N[C@H]3CCCCNC(=O)C[C@@H](C(=O)N[C@@H](CCCNC(=N)N)C(=O)O)NC(=O)[C@H](CCC(=O)OC[C@H](NC(=O)[C@@H]4CCCN4C(=O)[C@H](Cc4ccccc4)NC3=O)C(=O)N2)NC1=O. The Bertz CT molecular complexity index is 4510. The van der Waals surface area contributed by atoms with Gasteiger partial charge < -0.3 is 115 Å². The minimum Gasteiger partial charge on any atom is -0.508 e. The molecule has 122 heavy (non-hydrogen) atoms. The van der Waals surface area contributed by atoms with E-state index in [2.05, 4.69) is 74.1 Å². The van der Waals surface area contributed by atoms with E-state index in [0.29, 0.717) is 28.5 Å². The molecule has 5 aliphatic rings. The minimum atomic E-state index is -2.21. The van der Waals surface area contributed by atoms with Crippen molar-refractivity contribution in [3.8, 4) is 5.75 Å². The minimum absolute atomic E-state index is 0.00843. The number of phenols is 1. The van der Waals surface area contributed by atoms with Gasteiger partial charge in [0.2, 0.25) is 82.7 Å². The van der Waals surface area contributed by atoms with Gasteiger partial charge in [-0.05, 0) is 124 Å². The molecule has 40 nitrogen and oxygen atoms in total. The highest BCUT2D eigenvalue weighted by molar-refractivity contribution is 6.02. The van der Waals surface area contributed by atoms with Crippen molar-refractivity contribution in [2.24, 2.45) is 23.3 Å². The fourth-order valence-electron chi connectivity index (χ4n) is 15.1. The number of carbonyl (C=O) groups is 17. The molecule has 6 heterocycles. The highest BCUT2D eigenvalue weighted by atomic mass is 16.5. The van der Waals surface area contributed by atoms with E-state index < -0.39 is 242 Å². The number of aromatic hydroxyl groups is 1. The summed E-state index contributed by atoms with van der Waals surface area (Å²) in [5.41, 5.74) is 13.6. The number of para-hydroxylation sites is 1. The van der Waals surface area contributed by atoms with Crippen molar-refractivity contribution in [1.29, 1.82) is 5.41 Å². The molecule has 5 aliphatic heterocycles. The molecule has 40 heteroatoms. The maximum absolute atomic E-state index is 15.9. The molecule has 0 aliphatic carbocycles. The predicted molar refractivity (Wildman–Crippen MR) is 436 cm³/mol. The Kier molecular flexibility index (Phi) is 33.5. The fourth-order valence-corrected chi connectivity index (χ4v) is 15.1. The topological polar surface area (TPSA) is 604 Å². The number of aliphatic carboxylic acids is 1. The number of fused-ring (bicyclic) bond motifs is 13. The van der Waals surface area contributed by atoms with Gasteiger partial charge in [0, 0.05) is 69.0 Å². The Morgan fingerprint density at radius 1 is 0.623 bits per heavy atom. The number of hydrogen-bond donors (Lipinski definition) is 19. The number of benzene rings is 3. The Balaban J connectivity index is 1.20. The van der Waals surface area contributed by atoms with Crippen molar-refractivity contribution in [3.63, 3.8) is 0 Å². The monoisotopic (exact) mass is 1700 g/mol. The molecule has 4 bridgehead atoms. The Labute approximate surface area is 703 Å². The summed E-state index contributed by atoms with van der Waals surface area (Å²) in [5, 5.41) is 62.3. The summed E-state index contributed by atoms with van der Waals surface area (Å²) in [5.74, 6) is -20.6. The molecular formula is C82H111N19O21. The van der Waals surface area contributed by atoms with Gasteiger partial charge in [-0.1, -0.05) is 88.4 Å². The fraction of sp³-hybridized carbons (Fsp3) is 0.537. The molecule has 0 radical (unpaired) electrons. The van der Waals surface area contributed by atoms with E-state index in [1.54, 1.807) is 88.5 Å². The van der Waals surface area contributed by atoms with Crippen LogP contribution < -0.4 is 80.6 Å². The van der Waals surface area contributed by atoms with Crippen LogP contribution in [-0.4, -0.2) is 255 Å². The summed E-state index contributed by atoms with van der Waals surface area (Å²) < 4.78 is 11.7. The van der Waals surface area contributed by atoms with Gasteiger partial charge in [0.15, 0.2) is 5.96 Å². The second kappa shape index (κ2) is 44.0. The molecule has 9 rings (SSSR count). The number of carboxylic acid groups (broad SMARTS) is 1. The smallest absolute Gasteiger partial charge is 0.326 e. The lowest BCUT2D eigenvalue weighted by Crippen LogP contribution is -2.62. The van der Waals surface area contributed by atoms with Crippen molar-refractivity contribution in [2.75, 3.05) is 32.8 Å². The number of aromatic amines is 1. The molecule has 0 unspecified atom stereocenters. The maximum Gasteiger partial charge on any atom is 0.326 e. The normalized spacial score (nSPS) is 25.1. The largest absolute Gasteiger partial charge is 0.508 e. The van der Waals surface area contributed by atoms with Crippen molar-refractivity contribution >= 4 is 117 Å². The Hall–Kier alpha value is -12.8. The summed E-state index contributed by atoms with van der Waals surface area (Å²) in [4.78, 5) is 259. The number of phenolic OH excluding ortho intramolecular Hbond substituents is 1. The number of ether oxygens (including phenoxy) is 2. The van der Waals surface area contributed by atoms with Gasteiger partial charge in [-0.25, -0.2) is 4.79 Å². The van der Waals surface area contributed by atoms with Crippen LogP contribution in [0.5, 0.6) is 5.75 Å². The Morgan fingerprint density at radius 3 is 1.94 bits per heavy atom. The van der Waals surface area contributed by atoms with E-state index in [1.807, 2.05) is 0 Å². The molecule has 15 atom stereocenters. The predicted octanol–water partition coefficient (Wildman–Crippen LogP) is -3.04. The number of carboxylic acids is 1. The van der Waals surface area contributed by atoms with Gasteiger partial charge in [-0.15, -0.1) is 0 Å². The second-order valence-electron chi connectivity index (χ2n) is 32.0. The average molecular weight is 1700 g/mol. The first-order valence-corrected chi connectivity index (χ1v) is 41.1. The number of amides is 14. The summed E-state index contributed by atoms with van der Waals surface area (Å²) >= 11 is 0. The van der Waals surface area contributed by atoms with E-state index in [0.717, 1.165) is 11.8 Å². The maximum atomic E-state index is 15.9. The van der Waals surface area contributed by atoms with E-state index in [1.165, 1.54) is 29.2 Å². The molecule has 21 N–H and O–H groups in total. The molecule has 1 aromatic heterocycles. The molecule has 5 fully saturated rings. The van der Waals surface area contributed by atoms with Crippen LogP contribution in [0.25, 0.3) is 10.9 Å². The van der Waals surface area contributed by atoms with Gasteiger partial charge in [-0.3, -0.25) is 82.1 Å². The summed E-state index contributed by atoms with van der Waals surface area (Å²) in [6.07, 6.45) is -5.39. The Morgan fingerprint density at radius 2 is 1.24 bits per heavy atom. The van der Waals surface area contributed by atoms with Crippen molar-refractivity contribution in [3.05, 3.63) is 102 Å². The van der Waals surface area contributed by atoms with Crippen LogP contribution in [0.1, 0.15) is 141 Å². The summed E-state index contributed by atoms with van der Waals surface area (Å²) in [7, 11) is 0. The highest BCUT2D eigenvalue weighted by Crippen LogP contribution is 2.26. The number of nitrogens with zero attached hydrogens (tertiary/aromatic N) is 2. The van der Waals surface area contributed by atoms with Crippen LogP contribution >= 0.6 is 0 Å². The van der Waals surface area contributed by atoms with E-state index >= 15 is 43.2 Å². The van der Waals surface area contributed by atoms with Crippen molar-refractivity contribution < 1.29 is 101 Å². The van der Waals surface area contributed by atoms with Gasteiger partial charge in [0.25, 0.3) is 0 Å². The third kappa shape index (κ3) is 26.4. The van der Waals surface area contributed by atoms with E-state index in [-0.39, 0.29) is 114 Å².